The molecule has 2 aromatic rings. The topological polar surface area (TPSA) is 104 Å². The fraction of sp³-hybridized carbons (Fsp3) is 0.458. The molecular weight excluding hydrogens is 484 g/mol. The van der Waals surface area contributed by atoms with Crippen molar-refractivity contribution < 1.29 is 9.59 Å². The minimum Gasteiger partial charge on any atom is -0.384 e. The molecular formula is C24H31BrN6O2. The first-order chi connectivity index (χ1) is 16.0. The van der Waals surface area contributed by atoms with E-state index in [-0.39, 0.29) is 12.0 Å². The first kappa shape index (κ1) is 23.5. The Bertz CT molecular complexity index is 971. The summed E-state index contributed by atoms with van der Waals surface area (Å²) in [4.78, 5) is 32.5. The molecule has 33 heavy (non-hydrogen) atoms. The molecule has 3 heterocycles. The van der Waals surface area contributed by atoms with Crippen LogP contribution in [0.5, 0.6) is 0 Å². The Morgan fingerprint density at radius 1 is 1.09 bits per heavy atom. The number of aromatic nitrogens is 1. The second-order valence-electron chi connectivity index (χ2n) is 8.84. The molecule has 0 aliphatic carbocycles. The van der Waals surface area contributed by atoms with Gasteiger partial charge in [-0.15, -0.1) is 0 Å². The lowest BCUT2D eigenvalue weighted by molar-refractivity contribution is -0.138. The molecule has 0 saturated carbocycles. The Kier molecular flexibility index (Phi) is 7.82. The molecule has 0 atom stereocenters. The van der Waals surface area contributed by atoms with Crippen LogP contribution >= 0.6 is 15.9 Å². The molecule has 2 saturated heterocycles. The molecule has 2 fully saturated rings. The van der Waals surface area contributed by atoms with Gasteiger partial charge in [-0.1, -0.05) is 15.9 Å². The second-order valence-corrected chi connectivity index (χ2v) is 9.75. The zero-order chi connectivity index (χ0) is 23.2. The third kappa shape index (κ3) is 6.23. The summed E-state index contributed by atoms with van der Waals surface area (Å²) in [5, 5.41) is 6.28. The van der Waals surface area contributed by atoms with Gasteiger partial charge in [0, 0.05) is 42.3 Å². The van der Waals surface area contributed by atoms with Crippen LogP contribution < -0.4 is 16.4 Å². The number of benzene rings is 1. The van der Waals surface area contributed by atoms with E-state index in [2.05, 4.69) is 36.4 Å². The predicted molar refractivity (Wildman–Crippen MR) is 134 cm³/mol. The molecule has 0 unspecified atom stereocenters. The standard InChI is InChI=1S/C24H31BrN6O2/c25-19-1-2-21(22(14-19)28-16-32)29-20-6-11-31(12-7-20)24(33)18-4-9-30(10-5-18)15-17-3-8-27-23(26)13-17/h1-3,8,13-14,16,18,20,29H,4-7,9-12,15H2,(H2,26,27)(H,28,32). The van der Waals surface area contributed by atoms with Crippen molar-refractivity contribution in [1.29, 1.82) is 0 Å². The monoisotopic (exact) mass is 514 g/mol. The van der Waals surface area contributed by atoms with Gasteiger partial charge in [0.25, 0.3) is 0 Å². The van der Waals surface area contributed by atoms with Gasteiger partial charge in [0.05, 0.1) is 11.4 Å². The van der Waals surface area contributed by atoms with Crippen LogP contribution in [0.25, 0.3) is 0 Å². The fourth-order valence-corrected chi connectivity index (χ4v) is 5.10. The maximum absolute atomic E-state index is 13.1. The highest BCUT2D eigenvalue weighted by Crippen LogP contribution is 2.29. The van der Waals surface area contributed by atoms with Crippen molar-refractivity contribution in [2.75, 3.05) is 42.5 Å². The predicted octanol–water partition coefficient (Wildman–Crippen LogP) is 3.31. The molecule has 2 amide bonds. The van der Waals surface area contributed by atoms with E-state index >= 15 is 0 Å². The van der Waals surface area contributed by atoms with E-state index in [1.165, 1.54) is 5.56 Å². The van der Waals surface area contributed by atoms with Crippen LogP contribution in [0.2, 0.25) is 0 Å². The van der Waals surface area contributed by atoms with Gasteiger partial charge < -0.3 is 21.3 Å². The normalized spacial score (nSPS) is 18.2. The molecule has 8 nitrogen and oxygen atoms in total. The lowest BCUT2D eigenvalue weighted by Crippen LogP contribution is -2.47. The number of hydrogen-bond acceptors (Lipinski definition) is 6. The van der Waals surface area contributed by atoms with Gasteiger partial charge in [-0.3, -0.25) is 14.5 Å². The van der Waals surface area contributed by atoms with Gasteiger partial charge in [-0.25, -0.2) is 4.98 Å². The third-order valence-electron chi connectivity index (χ3n) is 6.55. The van der Waals surface area contributed by atoms with E-state index < -0.39 is 0 Å². The minimum absolute atomic E-state index is 0.114. The average Bonchev–Trinajstić information content (AvgIpc) is 2.82. The number of likely N-dealkylation sites (tertiary alicyclic amines) is 2. The summed E-state index contributed by atoms with van der Waals surface area (Å²) in [6, 6.07) is 9.98. The van der Waals surface area contributed by atoms with Crippen molar-refractivity contribution >= 4 is 45.4 Å². The SMILES string of the molecule is Nc1cc(CN2CCC(C(=O)N3CCC(Nc4ccc(Br)cc4NC=O)CC3)CC2)ccn1. The van der Waals surface area contributed by atoms with Crippen LogP contribution in [-0.4, -0.2) is 59.3 Å². The number of nitrogen functional groups attached to an aromatic ring is 1. The molecule has 176 valence electrons. The van der Waals surface area contributed by atoms with E-state index in [1.54, 1.807) is 6.20 Å². The van der Waals surface area contributed by atoms with Crippen molar-refractivity contribution in [3.8, 4) is 0 Å². The van der Waals surface area contributed by atoms with Crippen molar-refractivity contribution in [3.63, 3.8) is 0 Å². The van der Waals surface area contributed by atoms with Crippen LogP contribution in [0.15, 0.2) is 41.0 Å². The largest absolute Gasteiger partial charge is 0.384 e. The maximum atomic E-state index is 13.1. The number of halogens is 1. The molecule has 1 aromatic carbocycles. The van der Waals surface area contributed by atoms with Crippen molar-refractivity contribution in [3.05, 3.63) is 46.6 Å². The van der Waals surface area contributed by atoms with Crippen molar-refractivity contribution in [1.82, 2.24) is 14.8 Å². The molecule has 4 rings (SSSR count). The number of carbonyl (C=O) groups excluding carboxylic acids is 2. The number of nitrogens with one attached hydrogen (secondary N) is 2. The second kappa shape index (κ2) is 11.0. The maximum Gasteiger partial charge on any atom is 0.225 e. The number of hydrogen-bond donors (Lipinski definition) is 3. The van der Waals surface area contributed by atoms with Gasteiger partial charge in [0.15, 0.2) is 0 Å². The van der Waals surface area contributed by atoms with Gasteiger partial charge in [-0.2, -0.15) is 0 Å². The lowest BCUT2D eigenvalue weighted by Gasteiger charge is -2.37. The Labute approximate surface area is 203 Å². The summed E-state index contributed by atoms with van der Waals surface area (Å²) in [5.41, 5.74) is 8.60. The Hall–Kier alpha value is -2.65. The first-order valence-electron chi connectivity index (χ1n) is 11.5. The lowest BCUT2D eigenvalue weighted by atomic mass is 9.93. The van der Waals surface area contributed by atoms with Crippen LogP contribution in [0, 0.1) is 5.92 Å². The number of anilines is 3. The number of pyridine rings is 1. The molecule has 9 heteroatoms. The number of amides is 2. The van der Waals surface area contributed by atoms with E-state index in [0.29, 0.717) is 18.1 Å². The molecule has 2 aliphatic heterocycles. The number of nitrogens with zero attached hydrogens (tertiary/aromatic N) is 3. The summed E-state index contributed by atoms with van der Waals surface area (Å²) in [6.07, 6.45) is 6.02. The van der Waals surface area contributed by atoms with Crippen molar-refractivity contribution in [2.24, 2.45) is 5.92 Å². The zero-order valence-electron chi connectivity index (χ0n) is 18.7. The third-order valence-corrected chi connectivity index (χ3v) is 7.04. The number of rotatable bonds is 7. The molecule has 1 aromatic heterocycles. The summed E-state index contributed by atoms with van der Waals surface area (Å²) in [6.45, 7) is 4.22. The van der Waals surface area contributed by atoms with E-state index in [4.69, 9.17) is 5.73 Å². The Balaban J connectivity index is 1.23. The Morgan fingerprint density at radius 3 is 2.55 bits per heavy atom. The van der Waals surface area contributed by atoms with Crippen LogP contribution in [0.4, 0.5) is 17.2 Å². The first-order valence-corrected chi connectivity index (χ1v) is 12.3. The molecule has 0 radical (unpaired) electrons. The fourth-order valence-electron chi connectivity index (χ4n) is 4.74. The Morgan fingerprint density at radius 2 is 1.85 bits per heavy atom. The number of nitrogens with two attached hydrogens (primary N) is 1. The molecule has 4 N–H and O–H groups in total. The van der Waals surface area contributed by atoms with Gasteiger partial charge in [-0.05, 0) is 74.7 Å². The van der Waals surface area contributed by atoms with Crippen LogP contribution in [-0.2, 0) is 16.1 Å². The highest BCUT2D eigenvalue weighted by molar-refractivity contribution is 9.10. The summed E-state index contributed by atoms with van der Waals surface area (Å²) in [5.74, 6) is 0.961. The molecule has 0 bridgehead atoms. The van der Waals surface area contributed by atoms with Crippen LogP contribution in [0.3, 0.4) is 0 Å². The summed E-state index contributed by atoms with van der Waals surface area (Å²) < 4.78 is 0.911. The minimum atomic E-state index is 0.114. The van der Waals surface area contributed by atoms with Gasteiger partial charge >= 0.3 is 0 Å². The van der Waals surface area contributed by atoms with E-state index in [1.807, 2.05) is 35.2 Å². The highest BCUT2D eigenvalue weighted by atomic mass is 79.9. The van der Waals surface area contributed by atoms with Gasteiger partial charge in [0.1, 0.15) is 5.82 Å². The highest BCUT2D eigenvalue weighted by Gasteiger charge is 2.31. The quantitative estimate of drug-likeness (QED) is 0.489. The average molecular weight is 515 g/mol. The smallest absolute Gasteiger partial charge is 0.225 e. The van der Waals surface area contributed by atoms with Gasteiger partial charge in [0.2, 0.25) is 12.3 Å². The van der Waals surface area contributed by atoms with E-state index in [0.717, 1.165) is 74.3 Å². The summed E-state index contributed by atoms with van der Waals surface area (Å²) >= 11 is 3.44. The van der Waals surface area contributed by atoms with E-state index in [9.17, 15) is 9.59 Å². The molecule has 0 spiro atoms. The van der Waals surface area contributed by atoms with Crippen molar-refractivity contribution in [2.45, 2.75) is 38.3 Å². The molecule has 2 aliphatic rings. The zero-order valence-corrected chi connectivity index (χ0v) is 20.3. The number of piperidine rings is 2. The van der Waals surface area contributed by atoms with Crippen LogP contribution in [0.1, 0.15) is 31.2 Å². The number of carbonyl (C=O) groups is 2. The summed E-state index contributed by atoms with van der Waals surface area (Å²) in [7, 11) is 0.